The normalized spacial score (nSPS) is 44.8. The summed E-state index contributed by atoms with van der Waals surface area (Å²) in [6.45, 7) is 2.77. The molecule has 2 aliphatic carbocycles. The van der Waals surface area contributed by atoms with E-state index in [4.69, 9.17) is 0 Å². The predicted molar refractivity (Wildman–Crippen MR) is 54.4 cm³/mol. The molecule has 1 nitrogen and oxygen atoms in total. The van der Waals surface area contributed by atoms with Gasteiger partial charge >= 0.3 is 0 Å². The average molecular weight is 182 g/mol. The summed E-state index contributed by atoms with van der Waals surface area (Å²) < 4.78 is 0. The van der Waals surface area contributed by atoms with E-state index < -0.39 is 0 Å². The van der Waals surface area contributed by atoms with Crippen LogP contribution in [0.15, 0.2) is 0 Å². The quantitative estimate of drug-likeness (QED) is 0.696. The Balaban J connectivity index is 1.99. The van der Waals surface area contributed by atoms with Crippen molar-refractivity contribution in [3.8, 4) is 0 Å². The molecule has 2 fully saturated rings. The highest BCUT2D eigenvalue weighted by Gasteiger charge is 2.39. The van der Waals surface area contributed by atoms with Crippen molar-refractivity contribution in [2.75, 3.05) is 6.61 Å². The summed E-state index contributed by atoms with van der Waals surface area (Å²) in [5.74, 6) is 3.56. The minimum Gasteiger partial charge on any atom is -0.396 e. The van der Waals surface area contributed by atoms with Crippen LogP contribution < -0.4 is 0 Å². The molecule has 0 aromatic rings. The number of hydrogen-bond donors (Lipinski definition) is 1. The molecule has 1 heteroatoms. The van der Waals surface area contributed by atoms with E-state index in [-0.39, 0.29) is 0 Å². The van der Waals surface area contributed by atoms with E-state index in [2.05, 4.69) is 6.92 Å². The second-order valence-electron chi connectivity index (χ2n) is 5.04. The van der Waals surface area contributed by atoms with Gasteiger partial charge in [0.1, 0.15) is 0 Å². The van der Waals surface area contributed by atoms with Crippen molar-refractivity contribution < 1.29 is 5.11 Å². The van der Waals surface area contributed by atoms with Gasteiger partial charge in [-0.3, -0.25) is 0 Å². The summed E-state index contributed by atoms with van der Waals surface area (Å²) in [7, 11) is 0. The van der Waals surface area contributed by atoms with Gasteiger partial charge in [-0.2, -0.15) is 0 Å². The minimum atomic E-state index is 0.434. The van der Waals surface area contributed by atoms with Crippen LogP contribution in [0.4, 0.5) is 0 Å². The number of aliphatic hydroxyl groups is 1. The van der Waals surface area contributed by atoms with E-state index in [1.165, 1.54) is 38.5 Å². The minimum absolute atomic E-state index is 0.434. The maximum Gasteiger partial charge on any atom is 0.0459 e. The lowest BCUT2D eigenvalue weighted by Crippen LogP contribution is -2.23. The molecule has 2 rings (SSSR count). The smallest absolute Gasteiger partial charge is 0.0459 e. The molecule has 0 saturated heterocycles. The molecule has 0 spiro atoms. The largest absolute Gasteiger partial charge is 0.396 e. The Morgan fingerprint density at radius 2 is 2.08 bits per heavy atom. The van der Waals surface area contributed by atoms with E-state index in [1.54, 1.807) is 0 Å². The highest BCUT2D eigenvalue weighted by molar-refractivity contribution is 4.89. The molecular weight excluding hydrogens is 160 g/mol. The molecule has 0 aliphatic heterocycles. The number of aliphatic hydroxyl groups excluding tert-OH is 1. The molecule has 0 radical (unpaired) electrons. The van der Waals surface area contributed by atoms with Gasteiger partial charge in [0, 0.05) is 6.61 Å². The monoisotopic (exact) mass is 182 g/mol. The summed E-state index contributed by atoms with van der Waals surface area (Å²) in [6, 6.07) is 0. The van der Waals surface area contributed by atoms with Crippen molar-refractivity contribution in [2.45, 2.75) is 45.4 Å². The van der Waals surface area contributed by atoms with Crippen molar-refractivity contribution in [3.05, 3.63) is 0 Å². The lowest BCUT2D eigenvalue weighted by atomic mass is 9.73. The topological polar surface area (TPSA) is 20.2 Å². The standard InChI is InChI=1S/C12H22O/c1-2-10-4-3-5-11-6-9(8-13)7-12(10)11/h9-13H,2-8H2,1H3. The van der Waals surface area contributed by atoms with E-state index in [0.717, 1.165) is 17.8 Å². The van der Waals surface area contributed by atoms with Crippen LogP contribution in [0.3, 0.4) is 0 Å². The number of hydrogen-bond acceptors (Lipinski definition) is 1. The fraction of sp³-hybridized carbons (Fsp3) is 1.00. The second kappa shape index (κ2) is 4.00. The van der Waals surface area contributed by atoms with Gasteiger partial charge in [0.25, 0.3) is 0 Å². The summed E-state index contributed by atoms with van der Waals surface area (Å²) in [5.41, 5.74) is 0. The highest BCUT2D eigenvalue weighted by Crippen LogP contribution is 2.48. The Hall–Kier alpha value is -0.0400. The summed E-state index contributed by atoms with van der Waals surface area (Å²) in [6.07, 6.45) is 8.34. The third-order valence-electron chi connectivity index (χ3n) is 4.38. The van der Waals surface area contributed by atoms with Crippen LogP contribution in [0.1, 0.15) is 45.4 Å². The zero-order chi connectivity index (χ0) is 9.26. The van der Waals surface area contributed by atoms with Gasteiger partial charge in [-0.25, -0.2) is 0 Å². The highest BCUT2D eigenvalue weighted by atomic mass is 16.3. The van der Waals surface area contributed by atoms with Crippen LogP contribution in [-0.2, 0) is 0 Å². The molecule has 13 heavy (non-hydrogen) atoms. The Morgan fingerprint density at radius 3 is 2.77 bits per heavy atom. The second-order valence-corrected chi connectivity index (χ2v) is 5.04. The number of fused-ring (bicyclic) bond motifs is 1. The molecule has 0 heterocycles. The van der Waals surface area contributed by atoms with Crippen LogP contribution in [0.2, 0.25) is 0 Å². The molecule has 0 amide bonds. The molecule has 4 unspecified atom stereocenters. The van der Waals surface area contributed by atoms with Gasteiger partial charge in [-0.1, -0.05) is 32.6 Å². The molecule has 1 N–H and O–H groups in total. The Kier molecular flexibility index (Phi) is 2.92. The first kappa shape index (κ1) is 9.51. The lowest BCUT2D eigenvalue weighted by molar-refractivity contribution is 0.175. The van der Waals surface area contributed by atoms with Crippen LogP contribution in [0.5, 0.6) is 0 Å². The summed E-state index contributed by atoms with van der Waals surface area (Å²) in [5, 5.41) is 9.17. The molecule has 2 saturated carbocycles. The van der Waals surface area contributed by atoms with Crippen LogP contribution >= 0.6 is 0 Å². The van der Waals surface area contributed by atoms with Crippen molar-refractivity contribution in [1.82, 2.24) is 0 Å². The van der Waals surface area contributed by atoms with Crippen molar-refractivity contribution >= 4 is 0 Å². The average Bonchev–Trinajstić information content (AvgIpc) is 2.59. The molecule has 0 aromatic carbocycles. The zero-order valence-corrected chi connectivity index (χ0v) is 8.71. The Morgan fingerprint density at radius 1 is 1.23 bits per heavy atom. The third-order valence-corrected chi connectivity index (χ3v) is 4.38. The maximum atomic E-state index is 9.17. The van der Waals surface area contributed by atoms with Gasteiger partial charge in [0.15, 0.2) is 0 Å². The number of rotatable bonds is 2. The van der Waals surface area contributed by atoms with Gasteiger partial charge in [-0.15, -0.1) is 0 Å². The van der Waals surface area contributed by atoms with Crippen molar-refractivity contribution in [1.29, 1.82) is 0 Å². The lowest BCUT2D eigenvalue weighted by Gasteiger charge is -2.33. The van der Waals surface area contributed by atoms with Crippen molar-refractivity contribution in [3.63, 3.8) is 0 Å². The fourth-order valence-corrected chi connectivity index (χ4v) is 3.70. The van der Waals surface area contributed by atoms with E-state index >= 15 is 0 Å². The van der Waals surface area contributed by atoms with E-state index in [1.807, 2.05) is 0 Å². The van der Waals surface area contributed by atoms with Crippen LogP contribution in [0.25, 0.3) is 0 Å². The Labute approximate surface area is 81.5 Å². The molecule has 0 aromatic heterocycles. The predicted octanol–water partition coefficient (Wildman–Crippen LogP) is 2.83. The van der Waals surface area contributed by atoms with Crippen LogP contribution in [-0.4, -0.2) is 11.7 Å². The molecule has 76 valence electrons. The summed E-state index contributed by atoms with van der Waals surface area (Å²) in [4.78, 5) is 0. The van der Waals surface area contributed by atoms with Gasteiger partial charge in [-0.05, 0) is 36.5 Å². The fourth-order valence-electron chi connectivity index (χ4n) is 3.70. The first-order valence-electron chi connectivity index (χ1n) is 5.96. The zero-order valence-electron chi connectivity index (χ0n) is 8.71. The third kappa shape index (κ3) is 1.76. The SMILES string of the molecule is CCC1CCCC2CC(CO)CC12. The summed E-state index contributed by atoms with van der Waals surface area (Å²) >= 11 is 0. The Bertz CT molecular complexity index is 167. The van der Waals surface area contributed by atoms with E-state index in [9.17, 15) is 5.11 Å². The van der Waals surface area contributed by atoms with E-state index in [0.29, 0.717) is 12.5 Å². The van der Waals surface area contributed by atoms with Gasteiger partial charge in [0.05, 0.1) is 0 Å². The first-order chi connectivity index (χ1) is 6.35. The van der Waals surface area contributed by atoms with Crippen molar-refractivity contribution in [2.24, 2.45) is 23.7 Å². The van der Waals surface area contributed by atoms with Gasteiger partial charge < -0.3 is 5.11 Å². The molecule has 2 aliphatic rings. The van der Waals surface area contributed by atoms with Crippen LogP contribution in [0, 0.1) is 23.7 Å². The first-order valence-corrected chi connectivity index (χ1v) is 5.96. The molecular formula is C12H22O. The maximum absolute atomic E-state index is 9.17. The van der Waals surface area contributed by atoms with Gasteiger partial charge in [0.2, 0.25) is 0 Å². The molecule has 4 atom stereocenters. The molecule has 0 bridgehead atoms.